The topological polar surface area (TPSA) is 67.7 Å². The molecule has 1 fully saturated rings. The van der Waals surface area contributed by atoms with Gasteiger partial charge in [-0.2, -0.15) is 0 Å². The van der Waals surface area contributed by atoms with Gasteiger partial charge in [-0.1, -0.05) is 33.1 Å². The SMILES string of the molecule is CCN(CC)CCN(C)Cc1cnc(S(=O)(=O)CC2CCCCC2)n1CCOC. The Hall–Kier alpha value is -0.960. The van der Waals surface area contributed by atoms with Crippen molar-refractivity contribution in [1.29, 1.82) is 0 Å². The standard InChI is InChI=1S/C21H40N4O3S/c1-5-24(6-2)13-12-23(3)17-20-16-22-21(25(20)14-15-28-4)29(26,27)18-19-10-8-7-9-11-19/h16,19H,5-15,17-18H2,1-4H3. The van der Waals surface area contributed by atoms with E-state index in [2.05, 4.69) is 35.7 Å². The van der Waals surface area contributed by atoms with Gasteiger partial charge in [-0.3, -0.25) is 4.90 Å². The summed E-state index contributed by atoms with van der Waals surface area (Å²) in [5.41, 5.74) is 0.936. The van der Waals surface area contributed by atoms with E-state index in [1.54, 1.807) is 13.3 Å². The van der Waals surface area contributed by atoms with Crippen molar-refractivity contribution in [2.75, 3.05) is 52.7 Å². The van der Waals surface area contributed by atoms with Gasteiger partial charge in [-0.15, -0.1) is 0 Å². The minimum Gasteiger partial charge on any atom is -0.383 e. The van der Waals surface area contributed by atoms with Gasteiger partial charge in [-0.05, 0) is 38.9 Å². The normalized spacial score (nSPS) is 16.2. The molecule has 1 aromatic heterocycles. The molecule has 1 aliphatic carbocycles. The van der Waals surface area contributed by atoms with E-state index >= 15 is 0 Å². The molecule has 29 heavy (non-hydrogen) atoms. The summed E-state index contributed by atoms with van der Waals surface area (Å²) in [5, 5.41) is 0.215. The number of aromatic nitrogens is 2. The lowest BCUT2D eigenvalue weighted by atomic mass is 9.91. The fraction of sp³-hybridized carbons (Fsp3) is 0.857. The maximum atomic E-state index is 13.1. The second kappa shape index (κ2) is 12.0. The van der Waals surface area contributed by atoms with Gasteiger partial charge in [0.1, 0.15) is 0 Å². The van der Waals surface area contributed by atoms with E-state index in [-0.39, 0.29) is 16.8 Å². The van der Waals surface area contributed by atoms with Crippen molar-refractivity contribution >= 4 is 9.84 Å². The van der Waals surface area contributed by atoms with E-state index in [4.69, 9.17) is 4.74 Å². The van der Waals surface area contributed by atoms with E-state index in [0.717, 1.165) is 57.6 Å². The molecule has 0 saturated heterocycles. The van der Waals surface area contributed by atoms with Crippen LogP contribution < -0.4 is 0 Å². The quantitative estimate of drug-likeness (QED) is 0.481. The van der Waals surface area contributed by atoms with Crippen LogP contribution in [-0.2, 0) is 27.7 Å². The second-order valence-electron chi connectivity index (χ2n) is 8.23. The third kappa shape index (κ3) is 7.35. The maximum Gasteiger partial charge on any atom is 0.227 e. The molecule has 1 aromatic rings. The molecule has 2 rings (SSSR count). The summed E-state index contributed by atoms with van der Waals surface area (Å²) in [6.45, 7) is 10.0. The molecule has 0 amide bonds. The number of methoxy groups -OCH3 is 1. The van der Waals surface area contributed by atoms with Crippen LogP contribution in [-0.4, -0.2) is 80.5 Å². The summed E-state index contributed by atoms with van der Waals surface area (Å²) < 4.78 is 33.4. The number of imidazole rings is 1. The van der Waals surface area contributed by atoms with Crippen LogP contribution in [0.3, 0.4) is 0 Å². The predicted octanol–water partition coefficient (Wildman–Crippen LogP) is 2.66. The summed E-state index contributed by atoms with van der Waals surface area (Å²) in [4.78, 5) is 8.99. The number of ether oxygens (including phenoxy) is 1. The molecular weight excluding hydrogens is 388 g/mol. The molecule has 1 saturated carbocycles. The van der Waals surface area contributed by atoms with E-state index in [1.165, 1.54) is 6.42 Å². The molecule has 1 heterocycles. The van der Waals surface area contributed by atoms with Crippen LogP contribution in [0.5, 0.6) is 0 Å². The Kier molecular flexibility index (Phi) is 10.1. The van der Waals surface area contributed by atoms with Crippen molar-refractivity contribution in [2.45, 2.75) is 64.2 Å². The Morgan fingerprint density at radius 1 is 1.17 bits per heavy atom. The first-order chi connectivity index (χ1) is 13.9. The Labute approximate surface area is 177 Å². The van der Waals surface area contributed by atoms with Crippen LogP contribution in [0.4, 0.5) is 0 Å². The van der Waals surface area contributed by atoms with Crippen molar-refractivity contribution < 1.29 is 13.2 Å². The number of hydrogen-bond acceptors (Lipinski definition) is 6. The van der Waals surface area contributed by atoms with Crippen molar-refractivity contribution in [3.8, 4) is 0 Å². The van der Waals surface area contributed by atoms with Crippen molar-refractivity contribution in [1.82, 2.24) is 19.4 Å². The van der Waals surface area contributed by atoms with Crippen LogP contribution in [0.2, 0.25) is 0 Å². The molecule has 8 heteroatoms. The van der Waals surface area contributed by atoms with Gasteiger partial charge in [0.15, 0.2) is 0 Å². The minimum atomic E-state index is -3.40. The molecule has 1 aliphatic rings. The molecule has 0 bridgehead atoms. The van der Waals surface area contributed by atoms with Crippen LogP contribution in [0, 0.1) is 5.92 Å². The molecule has 0 atom stereocenters. The molecule has 0 spiro atoms. The van der Waals surface area contributed by atoms with Gasteiger partial charge < -0.3 is 14.2 Å². The summed E-state index contributed by atoms with van der Waals surface area (Å²) in [6, 6.07) is 0. The van der Waals surface area contributed by atoms with Crippen LogP contribution >= 0.6 is 0 Å². The minimum absolute atomic E-state index is 0.215. The maximum absolute atomic E-state index is 13.1. The first-order valence-corrected chi connectivity index (χ1v) is 12.7. The van der Waals surface area contributed by atoms with Crippen LogP contribution in [0.1, 0.15) is 51.6 Å². The van der Waals surface area contributed by atoms with Crippen molar-refractivity contribution in [3.63, 3.8) is 0 Å². The number of rotatable bonds is 13. The zero-order valence-corrected chi connectivity index (χ0v) is 19.6. The number of sulfone groups is 1. The average Bonchev–Trinajstić information content (AvgIpc) is 3.10. The third-order valence-electron chi connectivity index (χ3n) is 6.00. The zero-order valence-electron chi connectivity index (χ0n) is 18.8. The molecule has 168 valence electrons. The van der Waals surface area contributed by atoms with Gasteiger partial charge >= 0.3 is 0 Å². The van der Waals surface area contributed by atoms with Gasteiger partial charge in [0, 0.05) is 33.3 Å². The molecule has 0 unspecified atom stereocenters. The van der Waals surface area contributed by atoms with E-state index in [0.29, 0.717) is 19.7 Å². The van der Waals surface area contributed by atoms with E-state index < -0.39 is 9.84 Å². The van der Waals surface area contributed by atoms with Gasteiger partial charge in [0.25, 0.3) is 0 Å². The lowest BCUT2D eigenvalue weighted by Crippen LogP contribution is -2.33. The highest BCUT2D eigenvalue weighted by atomic mass is 32.2. The van der Waals surface area contributed by atoms with Crippen LogP contribution in [0.15, 0.2) is 11.4 Å². The highest BCUT2D eigenvalue weighted by Gasteiger charge is 2.28. The second-order valence-corrected chi connectivity index (χ2v) is 10.2. The highest BCUT2D eigenvalue weighted by molar-refractivity contribution is 7.91. The molecule has 0 aliphatic heterocycles. The first-order valence-electron chi connectivity index (χ1n) is 11.1. The van der Waals surface area contributed by atoms with E-state index in [1.807, 2.05) is 4.57 Å². The summed E-state index contributed by atoms with van der Waals surface area (Å²) in [7, 11) is 0.319. The third-order valence-corrected chi connectivity index (χ3v) is 7.80. The fourth-order valence-corrected chi connectivity index (χ4v) is 6.00. The van der Waals surface area contributed by atoms with E-state index in [9.17, 15) is 8.42 Å². The van der Waals surface area contributed by atoms with Crippen molar-refractivity contribution in [3.05, 3.63) is 11.9 Å². The largest absolute Gasteiger partial charge is 0.383 e. The Balaban J connectivity index is 2.11. The van der Waals surface area contributed by atoms with Crippen molar-refractivity contribution in [2.24, 2.45) is 5.92 Å². The summed E-state index contributed by atoms with van der Waals surface area (Å²) >= 11 is 0. The van der Waals surface area contributed by atoms with Crippen LogP contribution in [0.25, 0.3) is 0 Å². The zero-order chi connectivity index (χ0) is 21.3. The smallest absolute Gasteiger partial charge is 0.227 e. The molecule has 7 nitrogen and oxygen atoms in total. The molecule has 0 aromatic carbocycles. The number of nitrogens with zero attached hydrogens (tertiary/aromatic N) is 4. The van der Waals surface area contributed by atoms with Gasteiger partial charge in [0.2, 0.25) is 15.0 Å². The lowest BCUT2D eigenvalue weighted by molar-refractivity contribution is 0.181. The number of likely N-dealkylation sites (N-methyl/N-ethyl adjacent to an activating group) is 2. The highest BCUT2D eigenvalue weighted by Crippen LogP contribution is 2.27. The monoisotopic (exact) mass is 428 g/mol. The number of hydrogen-bond donors (Lipinski definition) is 0. The summed E-state index contributed by atoms with van der Waals surface area (Å²) in [6.07, 6.45) is 7.26. The fourth-order valence-electron chi connectivity index (χ4n) is 4.13. The average molecular weight is 429 g/mol. The molecule has 0 N–H and O–H groups in total. The Bertz CT molecular complexity index is 695. The predicted molar refractivity (Wildman–Crippen MR) is 117 cm³/mol. The van der Waals surface area contributed by atoms with Gasteiger partial charge in [0.05, 0.1) is 24.3 Å². The van der Waals surface area contributed by atoms with Gasteiger partial charge in [-0.25, -0.2) is 13.4 Å². The first kappa shape index (κ1) is 24.3. The summed E-state index contributed by atoms with van der Waals surface area (Å²) in [5.74, 6) is 0.482. The molecule has 0 radical (unpaired) electrons. The Morgan fingerprint density at radius 3 is 2.48 bits per heavy atom. The Morgan fingerprint density at radius 2 is 1.86 bits per heavy atom. The lowest BCUT2D eigenvalue weighted by Gasteiger charge is -2.24. The molecular formula is C21H40N4O3S.